The molecule has 0 saturated heterocycles. The first-order chi connectivity index (χ1) is 15.3. The molecule has 2 aliphatic rings. The quantitative estimate of drug-likeness (QED) is 0.185. The molecule has 2 aliphatic carbocycles. The number of ether oxygens (including phenoxy) is 1. The topological polar surface area (TPSA) is 46.5 Å². The molecule has 0 spiro atoms. The summed E-state index contributed by atoms with van der Waals surface area (Å²) in [4.78, 5) is 12.7. The molecule has 3 atom stereocenters. The van der Waals surface area contributed by atoms with Crippen LogP contribution < -0.4 is 0 Å². The Morgan fingerprint density at radius 3 is 2.09 bits per heavy atom. The molecule has 0 aromatic rings. The van der Waals surface area contributed by atoms with Crippen molar-refractivity contribution in [2.45, 2.75) is 137 Å². The summed E-state index contributed by atoms with van der Waals surface area (Å²) in [5.74, 6) is 0.0835. The van der Waals surface area contributed by atoms with Crippen molar-refractivity contribution < 1.29 is 14.6 Å². The second-order valence-corrected chi connectivity index (χ2v) is 24.0. The molecule has 186 valence electrons. The molecular weight excluding hydrogens is 503 g/mol. The van der Waals surface area contributed by atoms with E-state index in [-0.39, 0.29) is 17.3 Å². The van der Waals surface area contributed by atoms with E-state index >= 15 is 0 Å². The number of fused-ring (bicyclic) bond motifs is 1. The molecule has 3 nitrogen and oxygen atoms in total. The first kappa shape index (κ1) is 28.2. The number of hydrogen-bond acceptors (Lipinski definition) is 3. The van der Waals surface area contributed by atoms with E-state index in [4.69, 9.17) is 4.74 Å². The average Bonchev–Trinajstić information content (AvgIpc) is 2.86. The van der Waals surface area contributed by atoms with E-state index in [2.05, 4.69) is 31.8 Å². The molecule has 0 amide bonds. The SMILES string of the molecule is CCC[CH2][Sn](/[CH]=C1\C[C@]2(O)CCCCC[C@]2(C)[C@H]1CC(=O)OCC)([CH2]CCC)[CH2]CCC. The van der Waals surface area contributed by atoms with Gasteiger partial charge in [-0.05, 0) is 0 Å². The summed E-state index contributed by atoms with van der Waals surface area (Å²) in [7, 11) is 0. The van der Waals surface area contributed by atoms with E-state index in [1.165, 1.54) is 70.2 Å². The molecule has 0 aromatic carbocycles. The Morgan fingerprint density at radius 2 is 1.56 bits per heavy atom. The van der Waals surface area contributed by atoms with Crippen LogP contribution in [0.4, 0.5) is 0 Å². The fraction of sp³-hybridized carbons (Fsp3) is 0.893. The third-order valence-corrected chi connectivity index (χ3v) is 23.2. The van der Waals surface area contributed by atoms with Crippen molar-refractivity contribution in [3.05, 3.63) is 9.67 Å². The summed E-state index contributed by atoms with van der Waals surface area (Å²) in [6.45, 7) is 11.6. The number of unbranched alkanes of at least 4 members (excludes halogenated alkanes) is 3. The molecular formula is C28H52O3Sn. The minimum absolute atomic E-state index is 0.0744. The third-order valence-electron chi connectivity index (χ3n) is 8.82. The third kappa shape index (κ3) is 6.77. The zero-order valence-electron chi connectivity index (χ0n) is 21.9. The van der Waals surface area contributed by atoms with Gasteiger partial charge in [0.1, 0.15) is 0 Å². The summed E-state index contributed by atoms with van der Waals surface area (Å²) in [5.41, 5.74) is 0.619. The molecule has 0 radical (unpaired) electrons. The van der Waals surface area contributed by atoms with Gasteiger partial charge in [0.25, 0.3) is 0 Å². The van der Waals surface area contributed by atoms with Gasteiger partial charge in [0.05, 0.1) is 0 Å². The van der Waals surface area contributed by atoms with Gasteiger partial charge in [0, 0.05) is 0 Å². The number of aliphatic hydroxyl groups is 1. The van der Waals surface area contributed by atoms with Gasteiger partial charge >= 0.3 is 204 Å². The zero-order valence-corrected chi connectivity index (χ0v) is 24.8. The van der Waals surface area contributed by atoms with Crippen LogP contribution in [0.3, 0.4) is 0 Å². The van der Waals surface area contributed by atoms with Crippen molar-refractivity contribution in [3.8, 4) is 0 Å². The van der Waals surface area contributed by atoms with Gasteiger partial charge in [0.15, 0.2) is 0 Å². The first-order valence-corrected chi connectivity index (χ1v) is 21.6. The molecule has 32 heavy (non-hydrogen) atoms. The number of carbonyl (C=O) groups excluding carboxylic acids is 1. The van der Waals surface area contributed by atoms with Gasteiger partial charge in [-0.2, -0.15) is 0 Å². The Hall–Kier alpha value is -0.0313. The Morgan fingerprint density at radius 1 is 1.00 bits per heavy atom. The van der Waals surface area contributed by atoms with Crippen LogP contribution in [-0.4, -0.2) is 41.7 Å². The van der Waals surface area contributed by atoms with Gasteiger partial charge in [0.2, 0.25) is 0 Å². The predicted octanol–water partition coefficient (Wildman–Crippen LogP) is 7.98. The second kappa shape index (κ2) is 13.2. The van der Waals surface area contributed by atoms with Crippen molar-refractivity contribution in [2.24, 2.45) is 11.3 Å². The summed E-state index contributed by atoms with van der Waals surface area (Å²) in [6, 6.07) is 0. The van der Waals surface area contributed by atoms with Gasteiger partial charge in [-0.15, -0.1) is 0 Å². The summed E-state index contributed by atoms with van der Waals surface area (Å²) in [5, 5.41) is 12.0. The Kier molecular flexibility index (Phi) is 11.6. The monoisotopic (exact) mass is 556 g/mol. The minimum atomic E-state index is -2.53. The van der Waals surface area contributed by atoms with E-state index < -0.39 is 24.0 Å². The van der Waals surface area contributed by atoms with Crippen molar-refractivity contribution in [3.63, 3.8) is 0 Å². The zero-order chi connectivity index (χ0) is 23.7. The molecule has 2 saturated carbocycles. The van der Waals surface area contributed by atoms with Crippen LogP contribution in [0.15, 0.2) is 9.67 Å². The van der Waals surface area contributed by atoms with Crippen molar-refractivity contribution in [1.29, 1.82) is 0 Å². The molecule has 2 rings (SSSR count). The molecule has 0 bridgehead atoms. The van der Waals surface area contributed by atoms with Crippen LogP contribution in [0.25, 0.3) is 0 Å². The standard InChI is InChI=1S/C16H25O3.3C4H9.Sn/c1-4-19-14(17)10-13-12(2)11-16(18)9-7-5-6-8-15(13,16)3;3*1-3-4-2;/h2,13,18H,4-11H2,1,3H3;3*1,3-4H2,2H3;/t13-,15+,16+;;;;/m0..../s1. The van der Waals surface area contributed by atoms with Crippen LogP contribution in [0, 0.1) is 11.3 Å². The number of esters is 1. The van der Waals surface area contributed by atoms with E-state index in [0.717, 1.165) is 25.7 Å². The van der Waals surface area contributed by atoms with E-state index in [0.29, 0.717) is 13.0 Å². The molecule has 0 unspecified atom stereocenters. The normalized spacial score (nSPS) is 29.7. The Labute approximate surface area is 203 Å². The Bertz CT molecular complexity index is 594. The van der Waals surface area contributed by atoms with E-state index in [1.54, 1.807) is 0 Å². The predicted molar refractivity (Wildman–Crippen MR) is 138 cm³/mol. The summed E-state index contributed by atoms with van der Waals surface area (Å²) in [6.07, 6.45) is 14.5. The molecule has 0 aliphatic heterocycles. The number of rotatable bonds is 13. The molecule has 0 aromatic heterocycles. The van der Waals surface area contributed by atoms with Crippen molar-refractivity contribution in [2.75, 3.05) is 6.61 Å². The van der Waals surface area contributed by atoms with E-state index in [1.807, 2.05) is 6.92 Å². The van der Waals surface area contributed by atoms with Crippen molar-refractivity contribution in [1.82, 2.24) is 0 Å². The van der Waals surface area contributed by atoms with Crippen LogP contribution in [0.2, 0.25) is 13.3 Å². The number of carbonyl (C=O) groups is 1. The second-order valence-electron chi connectivity index (χ2n) is 11.1. The fourth-order valence-corrected chi connectivity index (χ4v) is 22.3. The molecule has 4 heteroatoms. The fourth-order valence-electron chi connectivity index (χ4n) is 6.73. The van der Waals surface area contributed by atoms with Gasteiger partial charge < -0.3 is 0 Å². The van der Waals surface area contributed by atoms with Gasteiger partial charge in [-0.1, -0.05) is 0 Å². The molecule has 2 fully saturated rings. The molecule has 0 heterocycles. The van der Waals surface area contributed by atoms with Crippen LogP contribution in [-0.2, 0) is 9.53 Å². The van der Waals surface area contributed by atoms with Gasteiger partial charge in [-0.3, -0.25) is 0 Å². The molecule has 1 N–H and O–H groups in total. The maximum atomic E-state index is 12.7. The van der Waals surface area contributed by atoms with Crippen molar-refractivity contribution >= 4 is 24.3 Å². The Balaban J connectivity index is 2.51. The van der Waals surface area contributed by atoms with Crippen LogP contribution >= 0.6 is 0 Å². The van der Waals surface area contributed by atoms with Crippen LogP contribution in [0.1, 0.15) is 118 Å². The summed E-state index contributed by atoms with van der Waals surface area (Å²) < 4.78 is 12.6. The van der Waals surface area contributed by atoms with E-state index in [9.17, 15) is 9.90 Å². The average molecular weight is 555 g/mol. The first-order valence-electron chi connectivity index (χ1n) is 13.9. The van der Waals surface area contributed by atoms with Crippen LogP contribution in [0.5, 0.6) is 0 Å². The number of hydrogen-bond donors (Lipinski definition) is 1. The summed E-state index contributed by atoms with van der Waals surface area (Å²) >= 11 is -2.53. The van der Waals surface area contributed by atoms with Gasteiger partial charge in [-0.25, -0.2) is 0 Å². The maximum absolute atomic E-state index is 12.7.